The number of hydrogen-bond donors (Lipinski definition) is 1. The molecule has 6 nitrogen and oxygen atoms in total. The van der Waals surface area contributed by atoms with Gasteiger partial charge in [0.2, 0.25) is 5.91 Å². The van der Waals surface area contributed by atoms with Crippen LogP contribution in [0.1, 0.15) is 36.4 Å². The van der Waals surface area contributed by atoms with Crippen molar-refractivity contribution in [3.8, 4) is 0 Å². The Hall–Kier alpha value is -1.95. The van der Waals surface area contributed by atoms with Crippen molar-refractivity contribution in [2.24, 2.45) is 0 Å². The van der Waals surface area contributed by atoms with E-state index in [1.165, 1.54) is 12.1 Å². The van der Waals surface area contributed by atoms with Gasteiger partial charge in [0.15, 0.2) is 0 Å². The summed E-state index contributed by atoms with van der Waals surface area (Å²) >= 11 is 0. The van der Waals surface area contributed by atoms with Gasteiger partial charge in [-0.1, -0.05) is 0 Å². The molecule has 6 heteroatoms. The number of carbonyl (C=O) groups is 1. The summed E-state index contributed by atoms with van der Waals surface area (Å²) in [7, 11) is 0. The fourth-order valence-corrected chi connectivity index (χ4v) is 3.21. The molecule has 1 amide bonds. The molecule has 0 aromatic heterocycles. The zero-order valence-electron chi connectivity index (χ0n) is 11.0. The van der Waals surface area contributed by atoms with Crippen LogP contribution >= 0.6 is 0 Å². The molecule has 106 valence electrons. The normalized spacial score (nSPS) is 25.6. The maximum Gasteiger partial charge on any atom is 0.269 e. The van der Waals surface area contributed by atoms with Crippen molar-refractivity contribution in [3.63, 3.8) is 0 Å². The Labute approximate surface area is 116 Å². The van der Waals surface area contributed by atoms with Crippen LogP contribution in [-0.4, -0.2) is 33.5 Å². The molecule has 0 spiro atoms. The van der Waals surface area contributed by atoms with E-state index in [0.29, 0.717) is 19.4 Å². The van der Waals surface area contributed by atoms with Gasteiger partial charge in [-0.25, -0.2) is 0 Å². The number of rotatable bonds is 2. The number of aliphatic hydroxyl groups is 1. The fraction of sp³-hybridized carbons (Fsp3) is 0.500. The minimum atomic E-state index is -0.672. The van der Waals surface area contributed by atoms with Gasteiger partial charge in [-0.05, 0) is 30.0 Å². The molecule has 2 atom stereocenters. The first-order valence-corrected chi connectivity index (χ1v) is 6.82. The van der Waals surface area contributed by atoms with Crippen molar-refractivity contribution in [3.05, 3.63) is 39.4 Å². The van der Waals surface area contributed by atoms with Crippen LogP contribution in [0.15, 0.2) is 18.2 Å². The molecule has 1 saturated heterocycles. The van der Waals surface area contributed by atoms with Gasteiger partial charge in [-0.3, -0.25) is 14.9 Å². The third-order valence-corrected chi connectivity index (χ3v) is 4.15. The maximum absolute atomic E-state index is 12.0. The molecule has 2 aliphatic rings. The Bertz CT molecular complexity index is 572. The van der Waals surface area contributed by atoms with Gasteiger partial charge in [-0.2, -0.15) is 0 Å². The Morgan fingerprint density at radius 3 is 2.85 bits per heavy atom. The van der Waals surface area contributed by atoms with E-state index in [4.69, 9.17) is 0 Å². The van der Waals surface area contributed by atoms with Gasteiger partial charge in [0.1, 0.15) is 0 Å². The summed E-state index contributed by atoms with van der Waals surface area (Å²) in [5.41, 5.74) is 1.65. The van der Waals surface area contributed by atoms with Gasteiger partial charge in [0, 0.05) is 31.5 Å². The first kappa shape index (κ1) is 13.1. The lowest BCUT2D eigenvalue weighted by molar-refractivity contribution is -0.384. The smallest absolute Gasteiger partial charge is 0.269 e. The lowest BCUT2D eigenvalue weighted by Gasteiger charge is -2.34. The van der Waals surface area contributed by atoms with Crippen LogP contribution in [0, 0.1) is 10.1 Å². The minimum Gasteiger partial charge on any atom is -0.390 e. The van der Waals surface area contributed by atoms with Crippen molar-refractivity contribution in [2.45, 2.75) is 37.8 Å². The maximum atomic E-state index is 12.0. The molecule has 0 saturated carbocycles. The third-order valence-electron chi connectivity index (χ3n) is 4.15. The van der Waals surface area contributed by atoms with E-state index in [2.05, 4.69) is 0 Å². The number of likely N-dealkylation sites (tertiary alicyclic amines) is 1. The van der Waals surface area contributed by atoms with Gasteiger partial charge in [-0.15, -0.1) is 0 Å². The summed E-state index contributed by atoms with van der Waals surface area (Å²) < 4.78 is 0. The zero-order chi connectivity index (χ0) is 14.3. The Morgan fingerprint density at radius 1 is 1.35 bits per heavy atom. The molecule has 1 aromatic rings. The quantitative estimate of drug-likeness (QED) is 0.656. The Kier molecular flexibility index (Phi) is 3.17. The molecular formula is C14H16N2O4. The first-order chi connectivity index (χ1) is 9.58. The van der Waals surface area contributed by atoms with Crippen molar-refractivity contribution in [1.82, 2.24) is 4.90 Å². The molecule has 0 radical (unpaired) electrons. The number of aliphatic hydroxyl groups excluding tert-OH is 1. The summed E-state index contributed by atoms with van der Waals surface area (Å²) in [5, 5.41) is 21.0. The monoisotopic (exact) mass is 276 g/mol. The van der Waals surface area contributed by atoms with E-state index < -0.39 is 11.0 Å². The summed E-state index contributed by atoms with van der Waals surface area (Å²) in [6.45, 7) is 0.650. The highest BCUT2D eigenvalue weighted by atomic mass is 16.6. The predicted molar refractivity (Wildman–Crippen MR) is 71.1 cm³/mol. The van der Waals surface area contributed by atoms with E-state index in [-0.39, 0.29) is 17.6 Å². The topological polar surface area (TPSA) is 83.7 Å². The van der Waals surface area contributed by atoms with Gasteiger partial charge in [0.25, 0.3) is 5.69 Å². The second-order valence-corrected chi connectivity index (χ2v) is 5.40. The molecule has 1 aliphatic heterocycles. The molecule has 1 aliphatic carbocycles. The predicted octanol–water partition coefficient (Wildman–Crippen LogP) is 1.57. The standard InChI is InChI=1S/C14H16N2O4/c17-12-8-9-7-10(16(19)20)4-5-11(9)14(12)15-6-2-1-3-13(15)18/h4-5,7,12,14,17H,1-3,6,8H2/t12-,14-/m1/s1. The van der Waals surface area contributed by atoms with Crippen molar-refractivity contribution < 1.29 is 14.8 Å². The van der Waals surface area contributed by atoms with Crippen LogP contribution in [-0.2, 0) is 11.2 Å². The van der Waals surface area contributed by atoms with E-state index >= 15 is 0 Å². The molecule has 1 fully saturated rings. The summed E-state index contributed by atoms with van der Waals surface area (Å²) in [4.78, 5) is 24.1. The second-order valence-electron chi connectivity index (χ2n) is 5.40. The third kappa shape index (κ3) is 2.06. The molecule has 0 bridgehead atoms. The number of amides is 1. The second kappa shape index (κ2) is 4.86. The van der Waals surface area contributed by atoms with Crippen molar-refractivity contribution in [1.29, 1.82) is 0 Å². The van der Waals surface area contributed by atoms with Crippen LogP contribution in [0.4, 0.5) is 5.69 Å². The van der Waals surface area contributed by atoms with Gasteiger partial charge in [0.05, 0.1) is 17.1 Å². The number of nitrogens with zero attached hydrogens (tertiary/aromatic N) is 2. The van der Waals surface area contributed by atoms with Crippen LogP contribution in [0.25, 0.3) is 0 Å². The van der Waals surface area contributed by atoms with E-state index in [0.717, 1.165) is 24.0 Å². The van der Waals surface area contributed by atoms with Crippen LogP contribution in [0.5, 0.6) is 0 Å². The lowest BCUT2D eigenvalue weighted by atomic mass is 10.0. The molecule has 3 rings (SSSR count). The molecular weight excluding hydrogens is 260 g/mol. The average molecular weight is 276 g/mol. The number of non-ortho nitro benzene ring substituents is 1. The molecule has 20 heavy (non-hydrogen) atoms. The summed E-state index contributed by atoms with van der Waals surface area (Å²) in [6, 6.07) is 4.28. The van der Waals surface area contributed by atoms with Crippen molar-refractivity contribution >= 4 is 11.6 Å². The SMILES string of the molecule is O=C1CCCCN1[C@@H]1c2ccc([N+](=O)[O-])cc2C[C@H]1O. The fourth-order valence-electron chi connectivity index (χ4n) is 3.21. The van der Waals surface area contributed by atoms with Crippen LogP contribution in [0.3, 0.4) is 0 Å². The molecule has 0 unspecified atom stereocenters. The molecule has 1 N–H and O–H groups in total. The number of nitro benzene ring substituents is 1. The van der Waals surface area contributed by atoms with E-state index in [1.54, 1.807) is 11.0 Å². The Morgan fingerprint density at radius 2 is 2.15 bits per heavy atom. The number of carbonyl (C=O) groups excluding carboxylic acids is 1. The lowest BCUT2D eigenvalue weighted by Crippen LogP contribution is -2.41. The highest BCUT2D eigenvalue weighted by Gasteiger charge is 2.39. The minimum absolute atomic E-state index is 0.0292. The summed E-state index contributed by atoms with van der Waals surface area (Å²) in [5.74, 6) is 0.0616. The highest BCUT2D eigenvalue weighted by molar-refractivity contribution is 5.77. The molecule has 1 heterocycles. The van der Waals surface area contributed by atoms with Crippen LogP contribution in [0.2, 0.25) is 0 Å². The first-order valence-electron chi connectivity index (χ1n) is 6.82. The number of benzene rings is 1. The van der Waals surface area contributed by atoms with Gasteiger partial charge >= 0.3 is 0 Å². The zero-order valence-corrected chi connectivity index (χ0v) is 11.0. The molecule has 1 aromatic carbocycles. The van der Waals surface area contributed by atoms with Crippen LogP contribution < -0.4 is 0 Å². The van der Waals surface area contributed by atoms with Gasteiger partial charge < -0.3 is 10.0 Å². The summed E-state index contributed by atoms with van der Waals surface area (Å²) in [6.07, 6.45) is 2.05. The Balaban J connectivity index is 1.95. The highest BCUT2D eigenvalue weighted by Crippen LogP contribution is 2.39. The van der Waals surface area contributed by atoms with Crippen molar-refractivity contribution in [2.75, 3.05) is 6.54 Å². The largest absolute Gasteiger partial charge is 0.390 e. The van der Waals surface area contributed by atoms with E-state index in [9.17, 15) is 20.0 Å². The number of hydrogen-bond acceptors (Lipinski definition) is 4. The van der Waals surface area contributed by atoms with E-state index in [1.807, 2.05) is 0 Å². The number of piperidine rings is 1. The average Bonchev–Trinajstić information content (AvgIpc) is 2.74. The number of nitro groups is 1. The number of fused-ring (bicyclic) bond motifs is 1.